The Balaban J connectivity index is 1.33. The van der Waals surface area contributed by atoms with Crippen LogP contribution in [0.3, 0.4) is 0 Å². The minimum absolute atomic E-state index is 0.212. The van der Waals surface area contributed by atoms with E-state index < -0.39 is 0 Å². The Morgan fingerprint density at radius 1 is 0.758 bits per heavy atom. The van der Waals surface area contributed by atoms with Gasteiger partial charge in [0, 0.05) is 24.5 Å². The zero-order chi connectivity index (χ0) is 23.3. The van der Waals surface area contributed by atoms with Crippen molar-refractivity contribution < 1.29 is 9.59 Å². The Morgan fingerprint density at radius 2 is 1.27 bits per heavy atom. The summed E-state index contributed by atoms with van der Waals surface area (Å²) < 4.78 is 0. The number of aryl methyl sites for hydroxylation is 1. The molecule has 0 aromatic heterocycles. The number of hydrogen-bond donors (Lipinski definition) is 4. The van der Waals surface area contributed by atoms with E-state index in [0.717, 1.165) is 31.5 Å². The zero-order valence-corrected chi connectivity index (χ0v) is 20.3. The van der Waals surface area contributed by atoms with Gasteiger partial charge in [-0.3, -0.25) is 0 Å². The van der Waals surface area contributed by atoms with Gasteiger partial charge in [-0.2, -0.15) is 0 Å². The number of anilines is 2. The van der Waals surface area contributed by atoms with Gasteiger partial charge in [0.1, 0.15) is 0 Å². The first kappa shape index (κ1) is 25.3. The van der Waals surface area contributed by atoms with Crippen molar-refractivity contribution in [2.24, 2.45) is 0 Å². The number of amides is 4. The lowest BCUT2D eigenvalue weighted by atomic mass is 10.1. The number of likely N-dealkylation sites (tertiary alicyclic amines) is 2. The van der Waals surface area contributed by atoms with Crippen LogP contribution in [0.2, 0.25) is 0 Å². The van der Waals surface area contributed by atoms with Crippen LogP contribution >= 0.6 is 0 Å². The van der Waals surface area contributed by atoms with Gasteiger partial charge in [-0.15, -0.1) is 0 Å². The molecule has 2 aliphatic heterocycles. The molecule has 8 heteroatoms. The van der Waals surface area contributed by atoms with E-state index in [2.05, 4.69) is 31.1 Å². The number of nitrogens with zero attached hydrogens (tertiary/aromatic N) is 2. The highest BCUT2D eigenvalue weighted by Crippen LogP contribution is 2.20. The van der Waals surface area contributed by atoms with E-state index in [1.54, 1.807) is 6.07 Å². The average molecular weight is 459 g/mol. The third kappa shape index (κ3) is 9.60. The van der Waals surface area contributed by atoms with Gasteiger partial charge in [0.05, 0.1) is 0 Å². The lowest BCUT2D eigenvalue weighted by Gasteiger charge is -2.26. The van der Waals surface area contributed by atoms with Gasteiger partial charge >= 0.3 is 12.1 Å². The summed E-state index contributed by atoms with van der Waals surface area (Å²) in [5.74, 6) is 0. The van der Waals surface area contributed by atoms with Gasteiger partial charge in [-0.1, -0.05) is 18.9 Å². The maximum absolute atomic E-state index is 12.3. The highest BCUT2D eigenvalue weighted by Gasteiger charge is 2.11. The maximum Gasteiger partial charge on any atom is 0.319 e. The predicted octanol–water partition coefficient (Wildman–Crippen LogP) is 3.99. The summed E-state index contributed by atoms with van der Waals surface area (Å²) in [4.78, 5) is 29.5. The van der Waals surface area contributed by atoms with Crippen LogP contribution in [0.25, 0.3) is 0 Å². The molecular weight excluding hydrogens is 416 g/mol. The molecule has 0 radical (unpaired) electrons. The minimum Gasteiger partial charge on any atom is -0.338 e. The van der Waals surface area contributed by atoms with Gasteiger partial charge in [0.25, 0.3) is 0 Å². The van der Waals surface area contributed by atoms with Crippen molar-refractivity contribution in [1.82, 2.24) is 20.4 Å². The van der Waals surface area contributed by atoms with E-state index in [1.807, 2.05) is 19.1 Å². The Hall–Kier alpha value is -2.32. The summed E-state index contributed by atoms with van der Waals surface area (Å²) in [5, 5.41) is 11.6. The topological polar surface area (TPSA) is 88.7 Å². The van der Waals surface area contributed by atoms with Gasteiger partial charge in [0.2, 0.25) is 0 Å². The second-order valence-corrected chi connectivity index (χ2v) is 9.30. The summed E-state index contributed by atoms with van der Waals surface area (Å²) in [6.45, 7) is 10.0. The van der Waals surface area contributed by atoms with Crippen molar-refractivity contribution >= 4 is 23.4 Å². The van der Waals surface area contributed by atoms with Crippen LogP contribution in [0, 0.1) is 6.92 Å². The van der Waals surface area contributed by atoms with Crippen molar-refractivity contribution in [3.05, 3.63) is 23.8 Å². The number of nitrogens with one attached hydrogen (secondary N) is 4. The van der Waals surface area contributed by atoms with Gasteiger partial charge in [0.15, 0.2) is 0 Å². The molecule has 8 nitrogen and oxygen atoms in total. The van der Waals surface area contributed by atoms with Gasteiger partial charge in [-0.05, 0) is 102 Å². The minimum atomic E-state index is -0.217. The summed E-state index contributed by atoms with van der Waals surface area (Å²) in [6, 6.07) is 5.12. The third-order valence-corrected chi connectivity index (χ3v) is 6.51. The number of benzene rings is 1. The molecule has 0 unspecified atom stereocenters. The standard InChI is InChI=1S/C25H42N6O2/c1-21-10-11-22(28-24(32)26-12-8-18-30-14-4-2-5-15-30)20-23(21)29-25(33)27-13-9-19-31-16-6-3-7-17-31/h10-11,20H,2-9,12-19H2,1H3,(H2,26,28,32)(H2,27,29,33). The molecule has 1 aromatic carbocycles. The molecule has 0 atom stereocenters. The summed E-state index contributed by atoms with van der Waals surface area (Å²) in [6.07, 6.45) is 9.72. The molecule has 2 aliphatic rings. The van der Waals surface area contributed by atoms with Crippen molar-refractivity contribution in [2.45, 2.75) is 58.3 Å². The average Bonchev–Trinajstić information content (AvgIpc) is 2.83. The lowest BCUT2D eigenvalue weighted by Crippen LogP contribution is -2.35. The van der Waals surface area contributed by atoms with E-state index in [9.17, 15) is 9.59 Å². The molecule has 4 N–H and O–H groups in total. The molecule has 0 aliphatic carbocycles. The van der Waals surface area contributed by atoms with Crippen molar-refractivity contribution in [3.8, 4) is 0 Å². The largest absolute Gasteiger partial charge is 0.338 e. The maximum atomic E-state index is 12.3. The molecular formula is C25H42N6O2. The molecule has 0 bridgehead atoms. The van der Waals surface area contributed by atoms with Crippen molar-refractivity contribution in [3.63, 3.8) is 0 Å². The molecule has 2 heterocycles. The Bertz CT molecular complexity index is 744. The monoisotopic (exact) mass is 458 g/mol. The molecule has 3 rings (SSSR count). The number of carbonyl (C=O) groups excluding carboxylic acids is 2. The fourth-order valence-electron chi connectivity index (χ4n) is 4.55. The van der Waals surface area contributed by atoms with Gasteiger partial charge in [-0.25, -0.2) is 9.59 Å². The number of urea groups is 2. The predicted molar refractivity (Wildman–Crippen MR) is 135 cm³/mol. The first-order valence-corrected chi connectivity index (χ1v) is 12.8. The van der Waals surface area contributed by atoms with Crippen LogP contribution < -0.4 is 21.3 Å². The van der Waals surface area contributed by atoms with Crippen LogP contribution in [-0.4, -0.2) is 74.2 Å². The number of rotatable bonds is 10. The molecule has 4 amide bonds. The first-order chi connectivity index (χ1) is 16.1. The molecule has 2 fully saturated rings. The normalized spacial score (nSPS) is 17.4. The zero-order valence-electron chi connectivity index (χ0n) is 20.3. The molecule has 33 heavy (non-hydrogen) atoms. The summed E-state index contributed by atoms with van der Waals surface area (Å²) in [5.41, 5.74) is 2.31. The van der Waals surface area contributed by atoms with Crippen LogP contribution in [0.4, 0.5) is 21.0 Å². The van der Waals surface area contributed by atoms with E-state index >= 15 is 0 Å². The van der Waals surface area contributed by atoms with E-state index in [4.69, 9.17) is 0 Å². The smallest absolute Gasteiger partial charge is 0.319 e. The molecule has 0 saturated carbocycles. The van der Waals surface area contributed by atoms with E-state index in [0.29, 0.717) is 24.5 Å². The number of piperidine rings is 2. The Labute approximate surface area is 198 Å². The molecule has 0 spiro atoms. The molecule has 2 saturated heterocycles. The molecule has 184 valence electrons. The SMILES string of the molecule is Cc1ccc(NC(=O)NCCCN2CCCCC2)cc1NC(=O)NCCCN1CCCCC1. The quantitative estimate of drug-likeness (QED) is 0.399. The second kappa shape index (κ2) is 14.1. The highest BCUT2D eigenvalue weighted by molar-refractivity contribution is 5.93. The Morgan fingerprint density at radius 3 is 1.82 bits per heavy atom. The fraction of sp³-hybridized carbons (Fsp3) is 0.680. The van der Waals surface area contributed by atoms with E-state index in [-0.39, 0.29) is 12.1 Å². The van der Waals surface area contributed by atoms with Crippen LogP contribution in [0.15, 0.2) is 18.2 Å². The third-order valence-electron chi connectivity index (χ3n) is 6.51. The number of hydrogen-bond acceptors (Lipinski definition) is 4. The van der Waals surface area contributed by atoms with Crippen LogP contribution in [0.5, 0.6) is 0 Å². The van der Waals surface area contributed by atoms with E-state index in [1.165, 1.54) is 64.7 Å². The fourth-order valence-corrected chi connectivity index (χ4v) is 4.55. The van der Waals surface area contributed by atoms with Gasteiger partial charge < -0.3 is 31.1 Å². The summed E-state index contributed by atoms with van der Waals surface area (Å²) in [7, 11) is 0. The highest BCUT2D eigenvalue weighted by atomic mass is 16.2. The first-order valence-electron chi connectivity index (χ1n) is 12.8. The van der Waals surface area contributed by atoms with Crippen molar-refractivity contribution in [2.75, 3.05) is 63.0 Å². The molecule has 1 aromatic rings. The lowest BCUT2D eigenvalue weighted by molar-refractivity contribution is 0.224. The summed E-state index contributed by atoms with van der Waals surface area (Å²) >= 11 is 0. The van der Waals surface area contributed by atoms with Crippen LogP contribution in [-0.2, 0) is 0 Å². The van der Waals surface area contributed by atoms with Crippen molar-refractivity contribution in [1.29, 1.82) is 0 Å². The Kier molecular flexibility index (Phi) is 10.8. The second-order valence-electron chi connectivity index (χ2n) is 9.30. The van der Waals surface area contributed by atoms with Crippen LogP contribution in [0.1, 0.15) is 56.9 Å². The number of carbonyl (C=O) groups is 2.